The molecule has 2 atom stereocenters. The molecule has 2 aliphatic heterocycles. The van der Waals surface area contributed by atoms with Crippen molar-refractivity contribution in [3.63, 3.8) is 0 Å². The van der Waals surface area contributed by atoms with Crippen LogP contribution in [0.3, 0.4) is 0 Å². The van der Waals surface area contributed by atoms with Crippen LogP contribution in [0.15, 0.2) is 36.4 Å². The Morgan fingerprint density at radius 1 is 1.24 bits per heavy atom. The highest BCUT2D eigenvalue weighted by molar-refractivity contribution is 6.29. The maximum atomic E-state index is 12.8. The predicted octanol–water partition coefficient (Wildman–Crippen LogP) is 3.54. The van der Waals surface area contributed by atoms with Crippen molar-refractivity contribution in [1.82, 2.24) is 10.2 Å². The lowest BCUT2D eigenvalue weighted by molar-refractivity contribution is -0.120. The first-order valence-electron chi connectivity index (χ1n) is 10.1. The summed E-state index contributed by atoms with van der Waals surface area (Å²) in [5, 5.41) is 11.4. The van der Waals surface area contributed by atoms with Crippen LogP contribution in [0.4, 0.5) is 11.5 Å². The first kappa shape index (κ1) is 19.9. The molecule has 1 aromatic heterocycles. The van der Waals surface area contributed by atoms with Gasteiger partial charge in [0.2, 0.25) is 5.91 Å². The summed E-state index contributed by atoms with van der Waals surface area (Å²) in [5.41, 5.74) is 0.739. The van der Waals surface area contributed by atoms with Gasteiger partial charge in [-0.05, 0) is 49.9 Å². The second-order valence-electron chi connectivity index (χ2n) is 7.46. The molecule has 0 unspecified atom stereocenters. The molecule has 29 heavy (non-hydrogen) atoms. The summed E-state index contributed by atoms with van der Waals surface area (Å²) < 4.78 is 11.4. The molecule has 154 valence electrons. The van der Waals surface area contributed by atoms with E-state index < -0.39 is 0 Å². The minimum Gasteiger partial charge on any atom is -0.491 e. The first-order valence-corrected chi connectivity index (χ1v) is 10.4. The Hall–Kier alpha value is -2.38. The fourth-order valence-corrected chi connectivity index (χ4v) is 3.85. The van der Waals surface area contributed by atoms with Gasteiger partial charge in [-0.15, -0.1) is 10.2 Å². The number of benzene rings is 1. The SMILES string of the molecule is O=C(Nc1cccc(OC[C@H]2CCCO2)c1)[C@@H]1CCCN(c2ccc(Cl)nn2)C1. The Kier molecular flexibility index (Phi) is 6.46. The number of carbonyl (C=O) groups excluding carboxylic acids is 1. The van der Waals surface area contributed by atoms with Crippen molar-refractivity contribution in [2.75, 3.05) is 36.5 Å². The Bertz CT molecular complexity index is 827. The molecule has 1 amide bonds. The van der Waals surface area contributed by atoms with Crippen LogP contribution in [0.5, 0.6) is 5.75 Å². The van der Waals surface area contributed by atoms with Crippen LogP contribution in [0.1, 0.15) is 25.7 Å². The summed E-state index contributed by atoms with van der Waals surface area (Å²) in [7, 11) is 0. The third-order valence-corrected chi connectivity index (χ3v) is 5.50. The number of halogens is 1. The normalized spacial score (nSPS) is 21.8. The lowest BCUT2D eigenvalue weighted by Gasteiger charge is -2.32. The van der Waals surface area contributed by atoms with Crippen LogP contribution in [-0.4, -0.2) is 48.5 Å². The van der Waals surface area contributed by atoms with E-state index in [4.69, 9.17) is 21.1 Å². The van der Waals surface area contributed by atoms with Crippen LogP contribution in [-0.2, 0) is 9.53 Å². The number of nitrogens with one attached hydrogen (secondary N) is 1. The lowest BCUT2D eigenvalue weighted by atomic mass is 9.97. The topological polar surface area (TPSA) is 76.6 Å². The number of carbonyl (C=O) groups is 1. The van der Waals surface area contributed by atoms with Crippen LogP contribution in [0, 0.1) is 5.92 Å². The number of hydrogen-bond donors (Lipinski definition) is 1. The van der Waals surface area contributed by atoms with Crippen molar-refractivity contribution < 1.29 is 14.3 Å². The summed E-state index contributed by atoms with van der Waals surface area (Å²) in [6.07, 6.45) is 4.06. The number of rotatable bonds is 6. The molecule has 2 aromatic rings. The van der Waals surface area contributed by atoms with Gasteiger partial charge in [-0.25, -0.2) is 0 Å². The number of amides is 1. The van der Waals surface area contributed by atoms with Crippen molar-refractivity contribution in [1.29, 1.82) is 0 Å². The standard InChI is InChI=1S/C21H25ClN4O3/c22-19-8-9-20(25-24-19)26-10-2-4-15(13-26)21(27)23-16-5-1-6-17(12-16)29-14-18-7-3-11-28-18/h1,5-6,8-9,12,15,18H,2-4,7,10-11,13-14H2,(H,23,27)/t15-,18-/m1/s1. The van der Waals surface area contributed by atoms with Gasteiger partial charge < -0.3 is 19.7 Å². The van der Waals surface area contributed by atoms with E-state index in [0.29, 0.717) is 18.3 Å². The minimum atomic E-state index is -0.113. The molecule has 2 aliphatic rings. The highest BCUT2D eigenvalue weighted by Crippen LogP contribution is 2.24. The van der Waals surface area contributed by atoms with Crippen molar-refractivity contribution in [3.05, 3.63) is 41.6 Å². The Balaban J connectivity index is 1.33. The maximum absolute atomic E-state index is 12.8. The summed E-state index contributed by atoms with van der Waals surface area (Å²) in [6, 6.07) is 11.1. The molecule has 1 aromatic carbocycles. The molecule has 7 nitrogen and oxygen atoms in total. The van der Waals surface area contributed by atoms with Crippen LogP contribution in [0.2, 0.25) is 5.15 Å². The highest BCUT2D eigenvalue weighted by Gasteiger charge is 2.27. The van der Waals surface area contributed by atoms with Gasteiger partial charge in [-0.1, -0.05) is 17.7 Å². The van der Waals surface area contributed by atoms with E-state index in [9.17, 15) is 4.79 Å². The van der Waals surface area contributed by atoms with Gasteiger partial charge in [-0.3, -0.25) is 4.79 Å². The average Bonchev–Trinajstić information content (AvgIpc) is 3.27. The van der Waals surface area contributed by atoms with Gasteiger partial charge in [0, 0.05) is 31.5 Å². The minimum absolute atomic E-state index is 0.00731. The van der Waals surface area contributed by atoms with Gasteiger partial charge in [0.25, 0.3) is 0 Å². The molecule has 3 heterocycles. The summed E-state index contributed by atoms with van der Waals surface area (Å²) in [4.78, 5) is 14.9. The zero-order valence-electron chi connectivity index (χ0n) is 16.2. The van der Waals surface area contributed by atoms with Crippen LogP contribution >= 0.6 is 11.6 Å². The molecule has 0 bridgehead atoms. The largest absolute Gasteiger partial charge is 0.491 e. The number of ether oxygens (including phenoxy) is 2. The fourth-order valence-electron chi connectivity index (χ4n) is 3.75. The molecule has 0 saturated carbocycles. The van der Waals surface area contributed by atoms with Crippen molar-refractivity contribution >= 4 is 29.0 Å². The molecule has 4 rings (SSSR count). The highest BCUT2D eigenvalue weighted by atomic mass is 35.5. The molecule has 8 heteroatoms. The number of aromatic nitrogens is 2. The van der Waals surface area contributed by atoms with Crippen molar-refractivity contribution in [3.8, 4) is 5.75 Å². The van der Waals surface area contributed by atoms with Gasteiger partial charge in [-0.2, -0.15) is 0 Å². The van der Waals surface area contributed by atoms with Crippen LogP contribution in [0.25, 0.3) is 0 Å². The Morgan fingerprint density at radius 3 is 2.97 bits per heavy atom. The number of hydrogen-bond acceptors (Lipinski definition) is 6. The molecule has 0 spiro atoms. The summed E-state index contributed by atoms with van der Waals surface area (Å²) in [6.45, 7) is 2.81. The van der Waals surface area contributed by atoms with E-state index in [1.165, 1.54) is 0 Å². The zero-order chi connectivity index (χ0) is 20.1. The van der Waals surface area contributed by atoms with Gasteiger partial charge in [0.15, 0.2) is 11.0 Å². The van der Waals surface area contributed by atoms with E-state index in [1.807, 2.05) is 30.3 Å². The number of nitrogens with zero attached hydrogens (tertiary/aromatic N) is 3. The van der Waals surface area contributed by atoms with E-state index in [0.717, 1.165) is 56.1 Å². The Labute approximate surface area is 175 Å². The second-order valence-corrected chi connectivity index (χ2v) is 7.85. The quantitative estimate of drug-likeness (QED) is 0.776. The molecule has 1 N–H and O–H groups in total. The second kappa shape index (κ2) is 9.41. The molecule has 0 aliphatic carbocycles. The smallest absolute Gasteiger partial charge is 0.229 e. The molecule has 2 saturated heterocycles. The third kappa shape index (κ3) is 5.36. The third-order valence-electron chi connectivity index (χ3n) is 5.30. The fraction of sp³-hybridized carbons (Fsp3) is 0.476. The summed E-state index contributed by atoms with van der Waals surface area (Å²) in [5.74, 6) is 1.38. The monoisotopic (exact) mass is 416 g/mol. The molecule has 2 fully saturated rings. The van der Waals surface area contributed by atoms with Gasteiger partial charge in [0.1, 0.15) is 12.4 Å². The van der Waals surface area contributed by atoms with Crippen molar-refractivity contribution in [2.45, 2.75) is 31.8 Å². The van der Waals surface area contributed by atoms with E-state index in [-0.39, 0.29) is 17.9 Å². The van der Waals surface area contributed by atoms with Gasteiger partial charge in [0.05, 0.1) is 12.0 Å². The van der Waals surface area contributed by atoms with Crippen molar-refractivity contribution in [2.24, 2.45) is 5.92 Å². The summed E-state index contributed by atoms with van der Waals surface area (Å²) >= 11 is 5.82. The first-order chi connectivity index (χ1) is 14.2. The van der Waals surface area contributed by atoms with E-state index in [2.05, 4.69) is 20.4 Å². The lowest BCUT2D eigenvalue weighted by Crippen LogP contribution is -2.41. The number of piperidine rings is 1. The van der Waals surface area contributed by atoms with Gasteiger partial charge >= 0.3 is 0 Å². The Morgan fingerprint density at radius 2 is 2.17 bits per heavy atom. The average molecular weight is 417 g/mol. The molecule has 0 radical (unpaired) electrons. The molecular formula is C21H25ClN4O3. The predicted molar refractivity (Wildman–Crippen MR) is 112 cm³/mol. The number of anilines is 2. The maximum Gasteiger partial charge on any atom is 0.229 e. The van der Waals surface area contributed by atoms with Crippen LogP contribution < -0.4 is 15.0 Å². The molecular weight excluding hydrogens is 392 g/mol. The van der Waals surface area contributed by atoms with E-state index in [1.54, 1.807) is 6.07 Å². The zero-order valence-corrected chi connectivity index (χ0v) is 17.0. The van der Waals surface area contributed by atoms with E-state index >= 15 is 0 Å².